The molecule has 3 atom stereocenters. The molecule has 1 aromatic heterocycles. The van der Waals surface area contributed by atoms with E-state index in [0.29, 0.717) is 37.4 Å². The van der Waals surface area contributed by atoms with E-state index in [4.69, 9.17) is 4.74 Å². The maximum absolute atomic E-state index is 14.3. The number of amides is 1. The third-order valence-corrected chi connectivity index (χ3v) is 9.02. The maximum Gasteiger partial charge on any atom is 0.308 e. The van der Waals surface area contributed by atoms with Crippen LogP contribution in [0.4, 0.5) is 10.1 Å². The number of anilines is 1. The highest BCUT2D eigenvalue weighted by atomic mass is 19.1. The van der Waals surface area contributed by atoms with E-state index in [1.54, 1.807) is 25.3 Å². The fraction of sp³-hybridized carbons (Fsp3) is 0.500. The molecule has 0 aliphatic carbocycles. The zero-order valence-electron chi connectivity index (χ0n) is 25.4. The second-order valence-electron chi connectivity index (χ2n) is 11.9. The van der Waals surface area contributed by atoms with Crippen LogP contribution < -0.4 is 9.64 Å². The van der Waals surface area contributed by atoms with Gasteiger partial charge in [-0.2, -0.15) is 5.10 Å². The Labute approximate surface area is 253 Å². The van der Waals surface area contributed by atoms with Gasteiger partial charge in [0.05, 0.1) is 19.1 Å². The molecule has 1 N–H and O–H groups in total. The normalized spacial score (nSPS) is 19.9. The van der Waals surface area contributed by atoms with Gasteiger partial charge in [0.1, 0.15) is 11.6 Å². The number of nitrogens with zero attached hydrogens (tertiary/aromatic N) is 4. The first-order valence-corrected chi connectivity index (χ1v) is 15.6. The number of halogens is 1. The number of carboxylic acids is 1. The topological polar surface area (TPSA) is 87.9 Å². The second-order valence-corrected chi connectivity index (χ2v) is 11.9. The van der Waals surface area contributed by atoms with Gasteiger partial charge in [-0.25, -0.2) is 4.39 Å². The first-order chi connectivity index (χ1) is 20.8. The average Bonchev–Trinajstić information content (AvgIpc) is 3.74. The minimum Gasteiger partial charge on any atom is -0.493 e. The van der Waals surface area contributed by atoms with Gasteiger partial charge in [0.2, 0.25) is 5.91 Å². The minimum atomic E-state index is -0.858. The zero-order chi connectivity index (χ0) is 30.5. The van der Waals surface area contributed by atoms with Crippen molar-refractivity contribution in [2.24, 2.45) is 5.92 Å². The summed E-state index contributed by atoms with van der Waals surface area (Å²) in [5, 5.41) is 14.9. The van der Waals surface area contributed by atoms with Crippen molar-refractivity contribution in [1.82, 2.24) is 14.7 Å². The lowest BCUT2D eigenvalue weighted by atomic mass is 9.83. The number of carbonyl (C=O) groups excluding carboxylic acids is 1. The van der Waals surface area contributed by atoms with Gasteiger partial charge in [0.15, 0.2) is 0 Å². The van der Waals surface area contributed by atoms with Crippen molar-refractivity contribution in [2.75, 3.05) is 24.6 Å². The van der Waals surface area contributed by atoms with E-state index >= 15 is 0 Å². The highest BCUT2D eigenvalue weighted by Crippen LogP contribution is 2.41. The summed E-state index contributed by atoms with van der Waals surface area (Å²) in [6.45, 7) is 7.65. The summed E-state index contributed by atoms with van der Waals surface area (Å²) >= 11 is 0. The van der Waals surface area contributed by atoms with Crippen LogP contribution in [0.1, 0.15) is 68.6 Å². The van der Waals surface area contributed by atoms with E-state index in [1.165, 1.54) is 6.07 Å². The van der Waals surface area contributed by atoms with Crippen molar-refractivity contribution in [1.29, 1.82) is 0 Å². The van der Waals surface area contributed by atoms with Crippen molar-refractivity contribution in [3.63, 3.8) is 0 Å². The standard InChI is InChI=1S/C34H43FN4O4/c1-4-7-26(8-5-2)39(27-10-11-29(35)23(3)19-27)32(40)22-37-21-28(24-9-12-31-25(20-24)14-18-43-31)33(34(41)42)30(37)13-17-38-16-6-15-36-38/h6,9-12,15-16,19-20,26,28,30,33H,4-5,7-8,13-14,17-18,21-22H2,1-3H3,(H,41,42)/t28-,30+,33-/m1/s1. The molecule has 8 nitrogen and oxygen atoms in total. The molecule has 0 radical (unpaired) electrons. The zero-order valence-corrected chi connectivity index (χ0v) is 25.4. The average molecular weight is 591 g/mol. The van der Waals surface area contributed by atoms with E-state index in [-0.39, 0.29) is 36.3 Å². The third kappa shape index (κ3) is 6.77. The lowest BCUT2D eigenvalue weighted by molar-refractivity contribution is -0.143. The van der Waals surface area contributed by atoms with Crippen LogP contribution in [0, 0.1) is 18.7 Å². The van der Waals surface area contributed by atoms with Gasteiger partial charge in [-0.1, -0.05) is 38.8 Å². The Balaban J connectivity index is 1.48. The highest BCUT2D eigenvalue weighted by molar-refractivity contribution is 5.95. The molecule has 2 aromatic carbocycles. The van der Waals surface area contributed by atoms with Gasteiger partial charge < -0.3 is 14.7 Å². The van der Waals surface area contributed by atoms with Crippen molar-refractivity contribution in [3.8, 4) is 5.75 Å². The molecule has 1 fully saturated rings. The van der Waals surface area contributed by atoms with Crippen molar-refractivity contribution < 1.29 is 23.8 Å². The quantitative estimate of drug-likeness (QED) is 0.270. The summed E-state index contributed by atoms with van der Waals surface area (Å²) < 4.78 is 21.8. The summed E-state index contributed by atoms with van der Waals surface area (Å²) in [7, 11) is 0. The molecule has 43 heavy (non-hydrogen) atoms. The highest BCUT2D eigenvalue weighted by Gasteiger charge is 2.47. The van der Waals surface area contributed by atoms with Crippen LogP contribution in [0.25, 0.3) is 0 Å². The van der Waals surface area contributed by atoms with Crippen LogP contribution in [0.3, 0.4) is 0 Å². The Morgan fingerprint density at radius 2 is 1.95 bits per heavy atom. The number of benzene rings is 2. The summed E-state index contributed by atoms with van der Waals surface area (Å²) in [6, 6.07) is 12.3. The van der Waals surface area contributed by atoms with Crippen LogP contribution in [0.5, 0.6) is 5.75 Å². The van der Waals surface area contributed by atoms with Gasteiger partial charge in [-0.05, 0) is 73.2 Å². The largest absolute Gasteiger partial charge is 0.493 e. The fourth-order valence-electron chi connectivity index (χ4n) is 6.98. The molecule has 5 rings (SSSR count). The first-order valence-electron chi connectivity index (χ1n) is 15.6. The van der Waals surface area contributed by atoms with Crippen molar-refractivity contribution in [2.45, 2.75) is 83.8 Å². The minimum absolute atomic E-state index is 0.0275. The Hall–Kier alpha value is -3.72. The molecule has 3 heterocycles. The molecule has 0 unspecified atom stereocenters. The van der Waals surface area contributed by atoms with Crippen LogP contribution >= 0.6 is 0 Å². The van der Waals surface area contributed by atoms with Gasteiger partial charge in [0, 0.05) is 55.6 Å². The van der Waals surface area contributed by atoms with Crippen molar-refractivity contribution in [3.05, 3.63) is 77.4 Å². The number of hydrogen-bond acceptors (Lipinski definition) is 5. The lowest BCUT2D eigenvalue weighted by Crippen LogP contribution is -2.48. The number of fused-ring (bicyclic) bond motifs is 1. The number of aryl methyl sites for hydroxylation is 2. The van der Waals surface area contributed by atoms with Crippen molar-refractivity contribution >= 4 is 17.6 Å². The monoisotopic (exact) mass is 590 g/mol. The van der Waals surface area contributed by atoms with Gasteiger partial charge in [0.25, 0.3) is 0 Å². The van der Waals surface area contributed by atoms with E-state index in [9.17, 15) is 19.1 Å². The first kappa shape index (κ1) is 30.7. The van der Waals surface area contributed by atoms with Crippen LogP contribution in [0.2, 0.25) is 0 Å². The number of aliphatic carboxylic acids is 1. The number of likely N-dealkylation sites (tertiary alicyclic amines) is 1. The number of ether oxygens (including phenoxy) is 1. The van der Waals surface area contributed by atoms with E-state index in [0.717, 1.165) is 49.0 Å². The molecule has 1 amide bonds. The molecular formula is C34H43FN4O4. The Kier molecular flexibility index (Phi) is 9.80. The number of carboxylic acid groups (broad SMARTS) is 1. The smallest absolute Gasteiger partial charge is 0.308 e. The number of hydrogen-bond donors (Lipinski definition) is 1. The molecule has 0 saturated carbocycles. The predicted octanol–water partition coefficient (Wildman–Crippen LogP) is 5.83. The SMILES string of the molecule is CCCC(CCC)N(C(=O)CN1C[C@H](c2ccc3c(c2)CCO3)[C@@H](C(=O)O)[C@@H]1CCn1cccn1)c1ccc(F)c(C)c1. The molecule has 2 aliphatic heterocycles. The molecule has 1 saturated heterocycles. The Morgan fingerprint density at radius 1 is 1.16 bits per heavy atom. The molecule has 230 valence electrons. The summed E-state index contributed by atoms with van der Waals surface area (Å²) in [6.07, 6.45) is 8.42. The fourth-order valence-corrected chi connectivity index (χ4v) is 6.98. The van der Waals surface area contributed by atoms with Gasteiger partial charge in [-0.15, -0.1) is 0 Å². The molecular weight excluding hydrogens is 547 g/mol. The van der Waals surface area contributed by atoms with Crippen LogP contribution in [-0.4, -0.2) is 63.4 Å². The van der Waals surface area contributed by atoms with Gasteiger partial charge >= 0.3 is 5.97 Å². The Morgan fingerprint density at radius 3 is 2.63 bits per heavy atom. The molecule has 2 aliphatic rings. The van der Waals surface area contributed by atoms with E-state index < -0.39 is 11.9 Å². The molecule has 9 heteroatoms. The number of rotatable bonds is 13. The second kappa shape index (κ2) is 13.7. The van der Waals surface area contributed by atoms with Crippen LogP contribution in [-0.2, 0) is 22.6 Å². The van der Waals surface area contributed by atoms with E-state index in [1.807, 2.05) is 34.0 Å². The predicted molar refractivity (Wildman–Crippen MR) is 164 cm³/mol. The molecule has 0 bridgehead atoms. The maximum atomic E-state index is 14.3. The Bertz CT molecular complexity index is 1410. The lowest BCUT2D eigenvalue weighted by Gasteiger charge is -2.35. The summed E-state index contributed by atoms with van der Waals surface area (Å²) in [4.78, 5) is 31.2. The summed E-state index contributed by atoms with van der Waals surface area (Å²) in [5.41, 5.74) is 3.25. The molecule has 3 aromatic rings. The molecule has 0 spiro atoms. The summed E-state index contributed by atoms with van der Waals surface area (Å²) in [5.74, 6) is -1.35. The van der Waals surface area contributed by atoms with Crippen LogP contribution in [0.15, 0.2) is 54.9 Å². The number of carbonyl (C=O) groups is 2. The van der Waals surface area contributed by atoms with Gasteiger partial charge in [-0.3, -0.25) is 19.2 Å². The number of aromatic nitrogens is 2. The third-order valence-electron chi connectivity index (χ3n) is 9.02. The van der Waals surface area contributed by atoms with E-state index in [2.05, 4.69) is 29.9 Å².